The van der Waals surface area contributed by atoms with Gasteiger partial charge in [-0.1, -0.05) is 12.1 Å². The zero-order valence-corrected chi connectivity index (χ0v) is 16.0. The zero-order chi connectivity index (χ0) is 18.7. The van der Waals surface area contributed by atoms with E-state index in [0.717, 1.165) is 22.0 Å². The minimum atomic E-state index is -0.349. The summed E-state index contributed by atoms with van der Waals surface area (Å²) in [6.45, 7) is 0.410. The second-order valence-electron chi connectivity index (χ2n) is 6.50. The van der Waals surface area contributed by atoms with Crippen LogP contribution in [-0.4, -0.2) is 38.7 Å². The van der Waals surface area contributed by atoms with E-state index in [1.807, 2.05) is 73.8 Å². The minimum Gasteiger partial charge on any atom is -0.376 e. The molecule has 1 aliphatic heterocycles. The van der Waals surface area contributed by atoms with Crippen molar-refractivity contribution >= 4 is 40.6 Å². The van der Waals surface area contributed by atoms with Gasteiger partial charge in [0.05, 0.1) is 17.3 Å². The van der Waals surface area contributed by atoms with E-state index in [9.17, 15) is 9.59 Å². The Morgan fingerprint density at radius 2 is 1.85 bits per heavy atom. The van der Waals surface area contributed by atoms with Gasteiger partial charge < -0.3 is 15.1 Å². The summed E-state index contributed by atoms with van der Waals surface area (Å²) in [5, 5.41) is 2.98. The number of nitrogens with zero attached hydrogens (tertiary/aromatic N) is 2. The maximum absolute atomic E-state index is 12.7. The van der Waals surface area contributed by atoms with Crippen molar-refractivity contribution in [3.8, 4) is 0 Å². The molecule has 2 aromatic rings. The van der Waals surface area contributed by atoms with Crippen LogP contribution in [0.4, 0.5) is 17.1 Å². The summed E-state index contributed by atoms with van der Waals surface area (Å²) in [6, 6.07) is 15.5. The van der Waals surface area contributed by atoms with Gasteiger partial charge in [0.25, 0.3) is 0 Å². The first-order valence-electron chi connectivity index (χ1n) is 8.51. The smallest absolute Gasteiger partial charge is 0.229 e. The van der Waals surface area contributed by atoms with Gasteiger partial charge in [0.2, 0.25) is 11.8 Å². The number of carbonyl (C=O) groups excluding carboxylic acids is 2. The zero-order valence-electron chi connectivity index (χ0n) is 15.2. The van der Waals surface area contributed by atoms with Crippen molar-refractivity contribution in [1.29, 1.82) is 0 Å². The van der Waals surface area contributed by atoms with Crippen LogP contribution in [0, 0.1) is 5.92 Å². The van der Waals surface area contributed by atoms with Gasteiger partial charge in [-0.15, -0.1) is 11.8 Å². The molecule has 136 valence electrons. The molecule has 6 heteroatoms. The van der Waals surface area contributed by atoms with Crippen molar-refractivity contribution in [3.63, 3.8) is 0 Å². The summed E-state index contributed by atoms with van der Waals surface area (Å²) in [6.07, 6.45) is 2.25. The van der Waals surface area contributed by atoms with Gasteiger partial charge in [-0.25, -0.2) is 0 Å². The third-order valence-electron chi connectivity index (χ3n) is 4.52. The van der Waals surface area contributed by atoms with Crippen LogP contribution >= 0.6 is 11.8 Å². The lowest BCUT2D eigenvalue weighted by Crippen LogP contribution is -2.28. The minimum absolute atomic E-state index is 0.0112. The number of thioether (sulfide) groups is 1. The quantitative estimate of drug-likeness (QED) is 0.820. The molecule has 0 aromatic heterocycles. The molecule has 0 bridgehead atoms. The van der Waals surface area contributed by atoms with Gasteiger partial charge >= 0.3 is 0 Å². The van der Waals surface area contributed by atoms with E-state index in [4.69, 9.17) is 0 Å². The SMILES string of the molecule is CSc1ccc(N2CC(C(=O)Nc3ccccc3N(C)C)CC2=O)cc1. The Bertz CT molecular complexity index is 805. The fraction of sp³-hybridized carbons (Fsp3) is 0.300. The standard InChI is InChI=1S/C20H23N3O2S/c1-22(2)18-7-5-4-6-17(18)21-20(25)14-12-19(24)23(13-14)15-8-10-16(26-3)11-9-15/h4-11,14H,12-13H2,1-3H3,(H,21,25). The number of anilines is 3. The lowest BCUT2D eigenvalue weighted by Gasteiger charge is -2.19. The normalized spacial score (nSPS) is 16.7. The fourth-order valence-corrected chi connectivity index (χ4v) is 3.51. The maximum atomic E-state index is 12.7. The molecule has 0 radical (unpaired) electrons. The molecular formula is C20H23N3O2S. The van der Waals surface area contributed by atoms with Crippen molar-refractivity contribution in [2.45, 2.75) is 11.3 Å². The topological polar surface area (TPSA) is 52.7 Å². The molecule has 1 N–H and O–H groups in total. The number of carbonyl (C=O) groups is 2. The summed E-state index contributed by atoms with van der Waals surface area (Å²) >= 11 is 1.66. The molecule has 0 saturated carbocycles. The summed E-state index contributed by atoms with van der Waals surface area (Å²) < 4.78 is 0. The van der Waals surface area contributed by atoms with Gasteiger partial charge in [-0.2, -0.15) is 0 Å². The Kier molecular flexibility index (Phi) is 5.52. The summed E-state index contributed by atoms with van der Waals surface area (Å²) in [4.78, 5) is 29.9. The first-order chi connectivity index (χ1) is 12.5. The second-order valence-corrected chi connectivity index (χ2v) is 7.38. The third-order valence-corrected chi connectivity index (χ3v) is 5.27. The number of nitrogens with one attached hydrogen (secondary N) is 1. The Labute approximate surface area is 158 Å². The molecule has 1 aliphatic rings. The first-order valence-corrected chi connectivity index (χ1v) is 9.73. The average Bonchev–Trinajstić information content (AvgIpc) is 3.04. The highest BCUT2D eigenvalue weighted by Gasteiger charge is 2.35. The van der Waals surface area contributed by atoms with Crippen LogP contribution < -0.4 is 15.1 Å². The number of hydrogen-bond acceptors (Lipinski definition) is 4. The van der Waals surface area contributed by atoms with E-state index in [1.165, 1.54) is 0 Å². The van der Waals surface area contributed by atoms with E-state index in [0.29, 0.717) is 6.54 Å². The van der Waals surface area contributed by atoms with Gasteiger partial charge in [0.15, 0.2) is 0 Å². The molecule has 5 nitrogen and oxygen atoms in total. The molecule has 3 rings (SSSR count). The Hall–Kier alpha value is -2.47. The molecule has 2 amide bonds. The van der Waals surface area contributed by atoms with E-state index in [1.54, 1.807) is 16.7 Å². The highest BCUT2D eigenvalue weighted by atomic mass is 32.2. The van der Waals surface area contributed by atoms with Crippen molar-refractivity contribution in [1.82, 2.24) is 0 Å². The number of hydrogen-bond donors (Lipinski definition) is 1. The van der Waals surface area contributed by atoms with Crippen molar-refractivity contribution in [3.05, 3.63) is 48.5 Å². The van der Waals surface area contributed by atoms with E-state index in [2.05, 4.69) is 5.32 Å². The van der Waals surface area contributed by atoms with Crippen LogP contribution in [0.25, 0.3) is 0 Å². The van der Waals surface area contributed by atoms with Gasteiger partial charge in [0.1, 0.15) is 0 Å². The maximum Gasteiger partial charge on any atom is 0.229 e. The first kappa shape index (κ1) is 18.3. The lowest BCUT2D eigenvalue weighted by molar-refractivity contribution is -0.122. The van der Waals surface area contributed by atoms with Crippen molar-refractivity contribution < 1.29 is 9.59 Å². The van der Waals surface area contributed by atoms with E-state index < -0.39 is 0 Å². The largest absolute Gasteiger partial charge is 0.376 e. The number of amides is 2. The van der Waals surface area contributed by atoms with Crippen LogP contribution in [-0.2, 0) is 9.59 Å². The predicted molar refractivity (Wildman–Crippen MR) is 108 cm³/mol. The van der Waals surface area contributed by atoms with Gasteiger partial charge in [-0.05, 0) is 42.7 Å². The molecule has 1 atom stereocenters. The number of para-hydroxylation sites is 2. The fourth-order valence-electron chi connectivity index (χ4n) is 3.10. The highest BCUT2D eigenvalue weighted by Crippen LogP contribution is 2.29. The number of benzene rings is 2. The summed E-state index contributed by atoms with van der Waals surface area (Å²) in [5.74, 6) is -0.475. The molecule has 26 heavy (non-hydrogen) atoms. The van der Waals surface area contributed by atoms with E-state index >= 15 is 0 Å². The number of rotatable bonds is 5. The van der Waals surface area contributed by atoms with E-state index in [-0.39, 0.29) is 24.2 Å². The Balaban J connectivity index is 1.71. The van der Waals surface area contributed by atoms with Crippen molar-refractivity contribution in [2.24, 2.45) is 5.92 Å². The molecule has 2 aromatic carbocycles. The molecular weight excluding hydrogens is 346 g/mol. The molecule has 1 saturated heterocycles. The monoisotopic (exact) mass is 369 g/mol. The van der Waals surface area contributed by atoms with Crippen LogP contribution in [0.1, 0.15) is 6.42 Å². The molecule has 1 fully saturated rings. The summed E-state index contributed by atoms with van der Waals surface area (Å²) in [7, 11) is 3.87. The average molecular weight is 369 g/mol. The van der Waals surface area contributed by atoms with Crippen LogP contribution in [0.15, 0.2) is 53.4 Å². The molecule has 1 unspecified atom stereocenters. The van der Waals surface area contributed by atoms with Gasteiger partial charge in [0, 0.05) is 37.6 Å². The molecule has 0 spiro atoms. The Morgan fingerprint density at radius 1 is 1.15 bits per heavy atom. The van der Waals surface area contributed by atoms with Crippen LogP contribution in [0.3, 0.4) is 0 Å². The predicted octanol–water partition coefficient (Wildman–Crippen LogP) is 3.47. The molecule has 1 heterocycles. The van der Waals surface area contributed by atoms with Crippen LogP contribution in [0.5, 0.6) is 0 Å². The lowest BCUT2D eigenvalue weighted by atomic mass is 10.1. The Morgan fingerprint density at radius 3 is 2.50 bits per heavy atom. The van der Waals surface area contributed by atoms with Gasteiger partial charge in [-0.3, -0.25) is 9.59 Å². The van der Waals surface area contributed by atoms with Crippen LogP contribution in [0.2, 0.25) is 0 Å². The summed E-state index contributed by atoms with van der Waals surface area (Å²) in [5.41, 5.74) is 2.55. The van der Waals surface area contributed by atoms with Crippen molar-refractivity contribution in [2.75, 3.05) is 42.0 Å². The second kappa shape index (κ2) is 7.83. The molecule has 0 aliphatic carbocycles. The third kappa shape index (κ3) is 3.85. The highest BCUT2D eigenvalue weighted by molar-refractivity contribution is 7.98.